The van der Waals surface area contributed by atoms with Crippen LogP contribution >= 0.6 is 11.3 Å². The molecule has 41 heavy (non-hydrogen) atoms. The summed E-state index contributed by atoms with van der Waals surface area (Å²) in [5, 5.41) is 13.9. The van der Waals surface area contributed by atoms with E-state index in [1.165, 1.54) is 30.6 Å². The van der Waals surface area contributed by atoms with Crippen molar-refractivity contribution in [3.05, 3.63) is 88.8 Å². The Bertz CT molecular complexity index is 1620. The number of carboxylic acids is 1. The quantitative estimate of drug-likeness (QED) is 0.198. The van der Waals surface area contributed by atoms with Gasteiger partial charge in [-0.2, -0.15) is 0 Å². The Labute approximate surface area is 240 Å². The van der Waals surface area contributed by atoms with Crippen LogP contribution < -0.4 is 10.1 Å². The van der Waals surface area contributed by atoms with Crippen LogP contribution in [0.1, 0.15) is 65.8 Å². The van der Waals surface area contributed by atoms with Crippen molar-refractivity contribution < 1.29 is 23.8 Å². The smallest absolute Gasteiger partial charge is 0.341 e. The van der Waals surface area contributed by atoms with Crippen molar-refractivity contribution in [1.29, 1.82) is 0 Å². The molecule has 10 heteroatoms. The van der Waals surface area contributed by atoms with Gasteiger partial charge in [0, 0.05) is 17.0 Å². The standard InChI is InChI=1S/C31H30N4O5S/c36-29(37)17-40-24-9-6-20(7-10-24)14-25(27-18-41-19-32-27)34-31(38)21-8-11-28-26(15-21)33-30(22-12-13-39-16-22)35(28)23-4-2-1-3-5-23/h6-13,15-16,18-19,23,25H,1-5,14,17H2,(H,34,38)(H,36,37). The first-order valence-electron chi connectivity index (χ1n) is 13.7. The van der Waals surface area contributed by atoms with E-state index < -0.39 is 12.6 Å². The van der Waals surface area contributed by atoms with Crippen molar-refractivity contribution in [1.82, 2.24) is 19.9 Å². The monoisotopic (exact) mass is 570 g/mol. The Morgan fingerprint density at radius 3 is 2.66 bits per heavy atom. The first-order chi connectivity index (χ1) is 20.0. The SMILES string of the molecule is O=C(O)COc1ccc(CC(NC(=O)c2ccc3c(c2)nc(-c2ccoc2)n3C2CCCCC2)c2cscn2)cc1. The second kappa shape index (κ2) is 12.0. The summed E-state index contributed by atoms with van der Waals surface area (Å²) in [5.41, 5.74) is 6.74. The van der Waals surface area contributed by atoms with Gasteiger partial charge in [0.25, 0.3) is 5.91 Å². The van der Waals surface area contributed by atoms with Gasteiger partial charge in [-0.05, 0) is 61.2 Å². The topological polar surface area (TPSA) is 119 Å². The third-order valence-electron chi connectivity index (χ3n) is 7.51. The molecule has 0 aliphatic heterocycles. The number of rotatable bonds is 10. The molecule has 0 bridgehead atoms. The maximum Gasteiger partial charge on any atom is 0.341 e. The summed E-state index contributed by atoms with van der Waals surface area (Å²) < 4.78 is 12.9. The van der Waals surface area contributed by atoms with E-state index in [-0.39, 0.29) is 11.9 Å². The number of aromatic nitrogens is 3. The molecule has 2 aromatic carbocycles. The Hall–Kier alpha value is -4.44. The third-order valence-corrected chi connectivity index (χ3v) is 8.11. The fourth-order valence-electron chi connectivity index (χ4n) is 5.51. The summed E-state index contributed by atoms with van der Waals surface area (Å²) in [4.78, 5) is 33.7. The number of carbonyl (C=O) groups excluding carboxylic acids is 1. The lowest BCUT2D eigenvalue weighted by molar-refractivity contribution is -0.139. The summed E-state index contributed by atoms with van der Waals surface area (Å²) in [6.07, 6.45) is 9.78. The van der Waals surface area contributed by atoms with Crippen LogP contribution in [0.4, 0.5) is 0 Å². The van der Waals surface area contributed by atoms with Gasteiger partial charge in [-0.3, -0.25) is 4.79 Å². The average molecular weight is 571 g/mol. The van der Waals surface area contributed by atoms with E-state index in [1.807, 2.05) is 41.8 Å². The Balaban J connectivity index is 1.25. The number of fused-ring (bicyclic) bond motifs is 1. The number of hydrogen-bond acceptors (Lipinski definition) is 7. The highest BCUT2D eigenvalue weighted by atomic mass is 32.1. The highest BCUT2D eigenvalue weighted by Crippen LogP contribution is 2.36. The number of nitrogens with zero attached hydrogens (tertiary/aromatic N) is 3. The Morgan fingerprint density at radius 1 is 1.12 bits per heavy atom. The zero-order valence-corrected chi connectivity index (χ0v) is 23.2. The summed E-state index contributed by atoms with van der Waals surface area (Å²) in [6.45, 7) is -0.399. The maximum atomic E-state index is 13.5. The number of benzene rings is 2. The molecule has 1 unspecified atom stereocenters. The molecule has 0 saturated heterocycles. The molecule has 1 fully saturated rings. The van der Waals surface area contributed by atoms with Crippen molar-refractivity contribution in [2.75, 3.05) is 6.61 Å². The van der Waals surface area contributed by atoms with Crippen molar-refractivity contribution in [3.63, 3.8) is 0 Å². The van der Waals surface area contributed by atoms with E-state index in [0.717, 1.165) is 46.5 Å². The van der Waals surface area contributed by atoms with Crippen molar-refractivity contribution in [2.24, 2.45) is 0 Å². The lowest BCUT2D eigenvalue weighted by Gasteiger charge is -2.25. The predicted octanol–water partition coefficient (Wildman–Crippen LogP) is 6.44. The van der Waals surface area contributed by atoms with Gasteiger partial charge in [0.15, 0.2) is 6.61 Å². The van der Waals surface area contributed by atoms with Crippen LogP contribution in [0.15, 0.2) is 76.4 Å². The molecule has 210 valence electrons. The first kappa shape index (κ1) is 26.8. The fourth-order valence-corrected chi connectivity index (χ4v) is 6.12. The van der Waals surface area contributed by atoms with E-state index in [9.17, 15) is 9.59 Å². The average Bonchev–Trinajstić information content (AvgIpc) is 3.77. The van der Waals surface area contributed by atoms with Crippen molar-refractivity contribution in [2.45, 2.75) is 50.6 Å². The van der Waals surface area contributed by atoms with Crippen molar-refractivity contribution >= 4 is 34.2 Å². The number of furan rings is 1. The minimum Gasteiger partial charge on any atom is -0.482 e. The van der Waals surface area contributed by atoms with Crippen LogP contribution in [0.5, 0.6) is 5.75 Å². The number of amides is 1. The zero-order chi connectivity index (χ0) is 28.2. The van der Waals surface area contributed by atoms with E-state index >= 15 is 0 Å². The summed E-state index contributed by atoms with van der Waals surface area (Å²) >= 11 is 1.47. The van der Waals surface area contributed by atoms with Crippen molar-refractivity contribution in [3.8, 4) is 17.1 Å². The minimum atomic E-state index is -1.03. The molecule has 2 N–H and O–H groups in total. The van der Waals surface area contributed by atoms with Gasteiger partial charge in [0.1, 0.15) is 17.8 Å². The van der Waals surface area contributed by atoms with Gasteiger partial charge in [0.05, 0.1) is 40.1 Å². The largest absolute Gasteiger partial charge is 0.482 e. The van der Waals surface area contributed by atoms with Gasteiger partial charge in [-0.15, -0.1) is 11.3 Å². The zero-order valence-electron chi connectivity index (χ0n) is 22.4. The molecule has 1 amide bonds. The molecule has 0 spiro atoms. The van der Waals surface area contributed by atoms with E-state index in [1.54, 1.807) is 30.2 Å². The molecule has 1 aliphatic carbocycles. The maximum absolute atomic E-state index is 13.5. The normalized spacial score (nSPS) is 14.6. The molecule has 3 heterocycles. The number of ether oxygens (including phenoxy) is 1. The molecule has 9 nitrogen and oxygen atoms in total. The first-order valence-corrected chi connectivity index (χ1v) is 14.7. The molecule has 1 aliphatic rings. The van der Waals surface area contributed by atoms with E-state index in [2.05, 4.69) is 14.9 Å². The van der Waals surface area contributed by atoms with Crippen LogP contribution in [-0.2, 0) is 11.2 Å². The number of carboxylic acid groups (broad SMARTS) is 1. The summed E-state index contributed by atoms with van der Waals surface area (Å²) in [6, 6.07) is 14.9. The van der Waals surface area contributed by atoms with E-state index in [4.69, 9.17) is 19.2 Å². The second-order valence-corrected chi connectivity index (χ2v) is 11.0. The molecule has 3 aromatic heterocycles. The second-order valence-electron chi connectivity index (χ2n) is 10.3. The van der Waals surface area contributed by atoms with Gasteiger partial charge < -0.3 is 24.1 Å². The van der Waals surface area contributed by atoms with E-state index in [0.29, 0.717) is 23.8 Å². The number of thiazole rings is 1. The number of nitrogens with one attached hydrogen (secondary N) is 1. The van der Waals surface area contributed by atoms with Gasteiger partial charge in [0.2, 0.25) is 0 Å². The van der Waals surface area contributed by atoms with Gasteiger partial charge in [-0.25, -0.2) is 14.8 Å². The number of aliphatic carboxylic acids is 1. The van der Waals surface area contributed by atoms with Crippen LogP contribution in [0, 0.1) is 0 Å². The molecule has 5 aromatic rings. The number of hydrogen-bond donors (Lipinski definition) is 2. The highest BCUT2D eigenvalue weighted by Gasteiger charge is 2.24. The minimum absolute atomic E-state index is 0.205. The lowest BCUT2D eigenvalue weighted by Crippen LogP contribution is -2.30. The van der Waals surface area contributed by atoms with Gasteiger partial charge in [-0.1, -0.05) is 31.4 Å². The molecule has 1 saturated carbocycles. The third kappa shape index (κ3) is 6.02. The summed E-state index contributed by atoms with van der Waals surface area (Å²) in [5.74, 6) is 0.107. The molecular weight excluding hydrogens is 540 g/mol. The molecule has 1 atom stereocenters. The predicted molar refractivity (Wildman–Crippen MR) is 155 cm³/mol. The highest BCUT2D eigenvalue weighted by molar-refractivity contribution is 7.07. The fraction of sp³-hybridized carbons (Fsp3) is 0.290. The Morgan fingerprint density at radius 2 is 1.95 bits per heavy atom. The molecular formula is C31H30N4O5S. The number of carbonyl (C=O) groups is 2. The van der Waals surface area contributed by atoms with Crippen LogP contribution in [0.25, 0.3) is 22.4 Å². The lowest BCUT2D eigenvalue weighted by atomic mass is 9.95. The van der Waals surface area contributed by atoms with Crippen LogP contribution in [-0.4, -0.2) is 38.1 Å². The molecule has 0 radical (unpaired) electrons. The van der Waals surface area contributed by atoms with Crippen LogP contribution in [0.3, 0.4) is 0 Å². The molecule has 6 rings (SSSR count). The summed E-state index contributed by atoms with van der Waals surface area (Å²) in [7, 11) is 0. The van der Waals surface area contributed by atoms with Crippen LogP contribution in [0.2, 0.25) is 0 Å². The Kier molecular flexibility index (Phi) is 7.82. The van der Waals surface area contributed by atoms with Gasteiger partial charge >= 0.3 is 5.97 Å². The number of imidazole rings is 1.